The maximum Gasteiger partial charge on any atom is 0.253 e. The SMILES string of the molecule is O=C(CCc1ccc(F)cc1)Nc1cccc(C(=O)N2CCCCC2)c1. The number of benzene rings is 2. The van der Waals surface area contributed by atoms with E-state index in [1.165, 1.54) is 18.6 Å². The third-order valence-corrected chi connectivity index (χ3v) is 4.59. The highest BCUT2D eigenvalue weighted by Gasteiger charge is 2.18. The van der Waals surface area contributed by atoms with Gasteiger partial charge in [-0.1, -0.05) is 18.2 Å². The molecule has 3 rings (SSSR count). The van der Waals surface area contributed by atoms with Gasteiger partial charge < -0.3 is 10.2 Å². The van der Waals surface area contributed by atoms with Gasteiger partial charge in [-0.3, -0.25) is 9.59 Å². The van der Waals surface area contributed by atoms with Crippen LogP contribution in [0.15, 0.2) is 48.5 Å². The quantitative estimate of drug-likeness (QED) is 0.881. The lowest BCUT2D eigenvalue weighted by atomic mass is 10.1. The first-order valence-electron chi connectivity index (χ1n) is 9.05. The van der Waals surface area contributed by atoms with Gasteiger partial charge in [-0.15, -0.1) is 0 Å². The van der Waals surface area contributed by atoms with E-state index in [9.17, 15) is 14.0 Å². The van der Waals surface area contributed by atoms with Gasteiger partial charge in [0, 0.05) is 30.8 Å². The zero-order valence-electron chi connectivity index (χ0n) is 14.7. The number of nitrogens with one attached hydrogen (secondary N) is 1. The van der Waals surface area contributed by atoms with E-state index in [4.69, 9.17) is 0 Å². The lowest BCUT2D eigenvalue weighted by Gasteiger charge is -2.26. The molecule has 5 heteroatoms. The minimum Gasteiger partial charge on any atom is -0.339 e. The lowest BCUT2D eigenvalue weighted by molar-refractivity contribution is -0.116. The van der Waals surface area contributed by atoms with Crippen molar-refractivity contribution in [2.75, 3.05) is 18.4 Å². The predicted octanol–water partition coefficient (Wildman–Crippen LogP) is 4.02. The van der Waals surface area contributed by atoms with Crippen LogP contribution in [0.25, 0.3) is 0 Å². The molecule has 1 aliphatic rings. The van der Waals surface area contributed by atoms with Crippen molar-refractivity contribution in [3.05, 3.63) is 65.5 Å². The summed E-state index contributed by atoms with van der Waals surface area (Å²) in [5.74, 6) is -0.391. The third-order valence-electron chi connectivity index (χ3n) is 4.59. The van der Waals surface area contributed by atoms with Gasteiger partial charge in [-0.05, 0) is 61.6 Å². The molecule has 1 fully saturated rings. The summed E-state index contributed by atoms with van der Waals surface area (Å²) in [6.45, 7) is 1.60. The number of aryl methyl sites for hydroxylation is 1. The first-order chi connectivity index (χ1) is 12.6. The fraction of sp³-hybridized carbons (Fsp3) is 0.333. The van der Waals surface area contributed by atoms with Gasteiger partial charge in [-0.25, -0.2) is 4.39 Å². The molecule has 2 aromatic rings. The summed E-state index contributed by atoms with van der Waals surface area (Å²) < 4.78 is 12.9. The molecule has 0 spiro atoms. The number of likely N-dealkylation sites (tertiary alicyclic amines) is 1. The van der Waals surface area contributed by atoms with Crippen LogP contribution < -0.4 is 5.32 Å². The van der Waals surface area contributed by atoms with Crippen molar-refractivity contribution in [2.24, 2.45) is 0 Å². The summed E-state index contributed by atoms with van der Waals surface area (Å²) in [5, 5.41) is 2.84. The highest BCUT2D eigenvalue weighted by Crippen LogP contribution is 2.17. The minimum atomic E-state index is -0.284. The minimum absolute atomic E-state index is 0.0205. The first kappa shape index (κ1) is 18.1. The number of hydrogen-bond donors (Lipinski definition) is 1. The molecule has 2 amide bonds. The Labute approximate surface area is 153 Å². The maximum absolute atomic E-state index is 12.9. The van der Waals surface area contributed by atoms with Crippen LogP contribution in [0.3, 0.4) is 0 Å². The summed E-state index contributed by atoms with van der Waals surface area (Å²) in [4.78, 5) is 26.6. The Balaban J connectivity index is 1.56. The Bertz CT molecular complexity index is 768. The van der Waals surface area contributed by atoms with Crippen LogP contribution >= 0.6 is 0 Å². The number of amides is 2. The Morgan fingerprint density at radius 2 is 1.73 bits per heavy atom. The second kappa shape index (κ2) is 8.61. The third kappa shape index (κ3) is 4.91. The molecular weight excluding hydrogens is 331 g/mol. The van der Waals surface area contributed by atoms with Gasteiger partial charge in [0.05, 0.1) is 0 Å². The zero-order valence-corrected chi connectivity index (χ0v) is 14.7. The van der Waals surface area contributed by atoms with Gasteiger partial charge in [0.1, 0.15) is 5.82 Å². The molecule has 26 heavy (non-hydrogen) atoms. The highest BCUT2D eigenvalue weighted by atomic mass is 19.1. The number of rotatable bonds is 5. The van der Waals surface area contributed by atoms with Crippen molar-refractivity contribution in [2.45, 2.75) is 32.1 Å². The van der Waals surface area contributed by atoms with Crippen molar-refractivity contribution in [1.82, 2.24) is 4.90 Å². The van der Waals surface area contributed by atoms with E-state index in [0.717, 1.165) is 31.5 Å². The molecule has 0 bridgehead atoms. The Hall–Kier alpha value is -2.69. The number of carbonyl (C=O) groups is 2. The summed E-state index contributed by atoms with van der Waals surface area (Å²) in [5.41, 5.74) is 2.13. The molecule has 0 radical (unpaired) electrons. The molecule has 1 heterocycles. The van der Waals surface area contributed by atoms with Crippen molar-refractivity contribution >= 4 is 17.5 Å². The largest absolute Gasteiger partial charge is 0.339 e. The molecule has 0 aromatic heterocycles. The number of carbonyl (C=O) groups excluding carboxylic acids is 2. The van der Waals surface area contributed by atoms with E-state index < -0.39 is 0 Å². The Morgan fingerprint density at radius 3 is 2.46 bits per heavy atom. The molecule has 1 saturated heterocycles. The van der Waals surface area contributed by atoms with Crippen LogP contribution in [-0.2, 0) is 11.2 Å². The fourth-order valence-electron chi connectivity index (χ4n) is 3.14. The molecule has 1 aliphatic heterocycles. The van der Waals surface area contributed by atoms with Gasteiger partial charge in [-0.2, -0.15) is 0 Å². The molecule has 0 aliphatic carbocycles. The van der Waals surface area contributed by atoms with E-state index >= 15 is 0 Å². The van der Waals surface area contributed by atoms with Crippen molar-refractivity contribution in [3.63, 3.8) is 0 Å². The van der Waals surface area contributed by atoms with E-state index in [1.54, 1.807) is 36.4 Å². The van der Waals surface area contributed by atoms with Gasteiger partial charge >= 0.3 is 0 Å². The number of piperidine rings is 1. The average Bonchev–Trinajstić information content (AvgIpc) is 2.68. The van der Waals surface area contributed by atoms with Gasteiger partial charge in [0.15, 0.2) is 0 Å². The maximum atomic E-state index is 12.9. The molecular formula is C21H23FN2O2. The molecule has 136 valence electrons. The molecule has 4 nitrogen and oxygen atoms in total. The van der Waals surface area contributed by atoms with Crippen LogP contribution in [0.5, 0.6) is 0 Å². The smallest absolute Gasteiger partial charge is 0.253 e. The van der Waals surface area contributed by atoms with Gasteiger partial charge in [0.2, 0.25) is 5.91 Å². The highest BCUT2D eigenvalue weighted by molar-refractivity contribution is 5.97. The standard InChI is InChI=1S/C21H23FN2O2/c22-18-10-7-16(8-11-18)9-12-20(25)23-19-6-4-5-17(15-19)21(26)24-13-2-1-3-14-24/h4-8,10-11,15H,1-3,9,12-14H2,(H,23,25). The van der Waals surface area contributed by atoms with E-state index in [0.29, 0.717) is 24.1 Å². The average molecular weight is 354 g/mol. The Kier molecular flexibility index (Phi) is 6.00. The summed E-state index contributed by atoms with van der Waals surface area (Å²) in [6.07, 6.45) is 4.11. The van der Waals surface area contributed by atoms with E-state index in [2.05, 4.69) is 5.32 Å². The number of nitrogens with zero attached hydrogens (tertiary/aromatic N) is 1. The van der Waals surface area contributed by atoms with Crippen LogP contribution in [0.1, 0.15) is 41.6 Å². The number of anilines is 1. The molecule has 2 aromatic carbocycles. The Morgan fingerprint density at radius 1 is 1.00 bits per heavy atom. The topological polar surface area (TPSA) is 49.4 Å². The number of hydrogen-bond acceptors (Lipinski definition) is 2. The van der Waals surface area contributed by atoms with Gasteiger partial charge in [0.25, 0.3) is 5.91 Å². The van der Waals surface area contributed by atoms with Crippen LogP contribution in [0.2, 0.25) is 0 Å². The number of halogens is 1. The fourth-order valence-corrected chi connectivity index (χ4v) is 3.14. The summed E-state index contributed by atoms with van der Waals surface area (Å²) >= 11 is 0. The van der Waals surface area contributed by atoms with Crippen molar-refractivity contribution < 1.29 is 14.0 Å². The molecule has 0 unspecified atom stereocenters. The van der Waals surface area contributed by atoms with Crippen LogP contribution in [-0.4, -0.2) is 29.8 Å². The monoisotopic (exact) mass is 354 g/mol. The zero-order chi connectivity index (χ0) is 18.4. The summed E-state index contributed by atoms with van der Waals surface area (Å²) in [6, 6.07) is 13.2. The lowest BCUT2D eigenvalue weighted by Crippen LogP contribution is -2.35. The first-order valence-corrected chi connectivity index (χ1v) is 9.05. The van der Waals surface area contributed by atoms with Crippen LogP contribution in [0, 0.1) is 5.82 Å². The van der Waals surface area contributed by atoms with Crippen molar-refractivity contribution in [3.8, 4) is 0 Å². The van der Waals surface area contributed by atoms with Crippen LogP contribution in [0.4, 0.5) is 10.1 Å². The predicted molar refractivity (Wildman–Crippen MR) is 99.5 cm³/mol. The van der Waals surface area contributed by atoms with E-state index in [-0.39, 0.29) is 17.6 Å². The normalized spacial score (nSPS) is 14.1. The van der Waals surface area contributed by atoms with Crippen molar-refractivity contribution in [1.29, 1.82) is 0 Å². The second-order valence-corrected chi connectivity index (χ2v) is 6.61. The molecule has 0 saturated carbocycles. The molecule has 1 N–H and O–H groups in total. The summed E-state index contributed by atoms with van der Waals surface area (Å²) in [7, 11) is 0. The molecule has 0 atom stereocenters. The second-order valence-electron chi connectivity index (χ2n) is 6.61. The van der Waals surface area contributed by atoms with E-state index in [1.807, 2.05) is 4.90 Å².